The number of aliphatic imine (C=N–C) groups is 1. The average Bonchev–Trinajstić information content (AvgIpc) is 3.03. The molecule has 144 valence electrons. The molecule has 0 aromatic carbocycles. The molecule has 0 fully saturated rings. The van der Waals surface area contributed by atoms with Crippen LogP contribution in [-0.4, -0.2) is 47.7 Å². The topological polar surface area (TPSA) is 63.0 Å². The van der Waals surface area contributed by atoms with Crippen LogP contribution in [0.3, 0.4) is 0 Å². The standard InChI is InChI=1S/C20H33N5O/c1-5-21-20(23-13-11-18(16(3)4)26-6-2)22-12-10-17-15-25-14-8-7-9-19(25)24-17/h7-9,14-16,18H,5-6,10-13H2,1-4H3,(H2,21,22,23). The number of ether oxygens (including phenoxy) is 1. The molecule has 6 nitrogen and oxygen atoms in total. The van der Waals surface area contributed by atoms with E-state index in [1.165, 1.54) is 0 Å². The molecule has 0 aliphatic heterocycles. The Bertz CT molecular complexity index is 647. The fourth-order valence-corrected chi connectivity index (χ4v) is 2.89. The predicted octanol–water partition coefficient (Wildman–Crippen LogP) is 2.88. The van der Waals surface area contributed by atoms with Crippen LogP contribution in [0.4, 0.5) is 0 Å². The molecular weight excluding hydrogens is 326 g/mol. The van der Waals surface area contributed by atoms with Crippen molar-refractivity contribution in [2.24, 2.45) is 10.9 Å². The van der Waals surface area contributed by atoms with Gasteiger partial charge in [-0.25, -0.2) is 4.98 Å². The molecule has 0 saturated carbocycles. The van der Waals surface area contributed by atoms with E-state index in [4.69, 9.17) is 4.74 Å². The fourth-order valence-electron chi connectivity index (χ4n) is 2.89. The van der Waals surface area contributed by atoms with E-state index >= 15 is 0 Å². The molecule has 0 aliphatic rings. The summed E-state index contributed by atoms with van der Waals surface area (Å²) in [4.78, 5) is 9.31. The molecule has 26 heavy (non-hydrogen) atoms. The molecule has 2 N–H and O–H groups in total. The molecule has 0 radical (unpaired) electrons. The molecule has 0 aliphatic carbocycles. The fraction of sp³-hybridized carbons (Fsp3) is 0.600. The van der Waals surface area contributed by atoms with Gasteiger partial charge in [0.05, 0.1) is 11.8 Å². The second kappa shape index (κ2) is 10.8. The highest BCUT2D eigenvalue weighted by molar-refractivity contribution is 5.79. The van der Waals surface area contributed by atoms with Crippen LogP contribution >= 0.6 is 0 Å². The van der Waals surface area contributed by atoms with Crippen molar-refractivity contribution in [1.82, 2.24) is 20.0 Å². The smallest absolute Gasteiger partial charge is 0.191 e. The number of rotatable bonds is 10. The summed E-state index contributed by atoms with van der Waals surface area (Å²) in [6.45, 7) is 11.7. The summed E-state index contributed by atoms with van der Waals surface area (Å²) in [6, 6.07) is 6.04. The summed E-state index contributed by atoms with van der Waals surface area (Å²) < 4.78 is 7.84. The highest BCUT2D eigenvalue weighted by Crippen LogP contribution is 2.10. The van der Waals surface area contributed by atoms with Crippen molar-refractivity contribution in [1.29, 1.82) is 0 Å². The van der Waals surface area contributed by atoms with Gasteiger partial charge in [-0.15, -0.1) is 0 Å². The van der Waals surface area contributed by atoms with Gasteiger partial charge in [-0.2, -0.15) is 0 Å². The van der Waals surface area contributed by atoms with Gasteiger partial charge in [0, 0.05) is 45.1 Å². The third-order valence-corrected chi connectivity index (χ3v) is 4.24. The molecular formula is C20H33N5O. The van der Waals surface area contributed by atoms with Gasteiger partial charge in [0.2, 0.25) is 0 Å². The lowest BCUT2D eigenvalue weighted by Crippen LogP contribution is -2.38. The van der Waals surface area contributed by atoms with Gasteiger partial charge < -0.3 is 19.8 Å². The third kappa shape index (κ3) is 6.33. The summed E-state index contributed by atoms with van der Waals surface area (Å²) in [7, 11) is 0. The third-order valence-electron chi connectivity index (χ3n) is 4.24. The summed E-state index contributed by atoms with van der Waals surface area (Å²) in [6.07, 6.45) is 6.17. The maximum absolute atomic E-state index is 5.79. The maximum Gasteiger partial charge on any atom is 0.191 e. The monoisotopic (exact) mass is 359 g/mol. The van der Waals surface area contributed by atoms with E-state index in [9.17, 15) is 0 Å². The van der Waals surface area contributed by atoms with Crippen LogP contribution in [0.2, 0.25) is 0 Å². The summed E-state index contributed by atoms with van der Waals surface area (Å²) in [5.41, 5.74) is 2.06. The van der Waals surface area contributed by atoms with Crippen molar-refractivity contribution >= 4 is 11.6 Å². The second-order valence-electron chi connectivity index (χ2n) is 6.66. The molecule has 0 amide bonds. The van der Waals surface area contributed by atoms with Crippen molar-refractivity contribution in [3.8, 4) is 0 Å². The van der Waals surface area contributed by atoms with Crippen LogP contribution in [0.15, 0.2) is 35.6 Å². The molecule has 2 heterocycles. The van der Waals surface area contributed by atoms with E-state index in [2.05, 4.69) is 52.0 Å². The molecule has 0 spiro atoms. The van der Waals surface area contributed by atoms with Gasteiger partial charge in [-0.3, -0.25) is 4.99 Å². The second-order valence-corrected chi connectivity index (χ2v) is 6.66. The van der Waals surface area contributed by atoms with Crippen LogP contribution in [0.25, 0.3) is 5.65 Å². The number of nitrogens with zero attached hydrogens (tertiary/aromatic N) is 3. The van der Waals surface area contributed by atoms with Crippen molar-refractivity contribution in [3.63, 3.8) is 0 Å². The summed E-state index contributed by atoms with van der Waals surface area (Å²) >= 11 is 0. The van der Waals surface area contributed by atoms with Crippen molar-refractivity contribution < 1.29 is 4.74 Å². The lowest BCUT2D eigenvalue weighted by Gasteiger charge is -2.20. The van der Waals surface area contributed by atoms with Gasteiger partial charge in [0.15, 0.2) is 5.96 Å². The summed E-state index contributed by atoms with van der Waals surface area (Å²) in [5, 5.41) is 6.70. The highest BCUT2D eigenvalue weighted by atomic mass is 16.5. The Morgan fingerprint density at radius 1 is 1.27 bits per heavy atom. The normalized spacial score (nSPS) is 13.3. The summed E-state index contributed by atoms with van der Waals surface area (Å²) in [5.74, 6) is 1.37. The van der Waals surface area contributed by atoms with E-state index < -0.39 is 0 Å². The number of nitrogens with one attached hydrogen (secondary N) is 2. The quantitative estimate of drug-likeness (QED) is 0.506. The van der Waals surface area contributed by atoms with Crippen LogP contribution in [-0.2, 0) is 11.2 Å². The first-order chi connectivity index (χ1) is 12.6. The number of pyridine rings is 1. The molecule has 0 bridgehead atoms. The Kier molecular flexibility index (Phi) is 8.41. The number of fused-ring (bicyclic) bond motifs is 1. The van der Waals surface area contributed by atoms with Crippen molar-refractivity contribution in [3.05, 3.63) is 36.3 Å². The highest BCUT2D eigenvalue weighted by Gasteiger charge is 2.12. The first-order valence-corrected chi connectivity index (χ1v) is 9.70. The molecule has 2 aromatic rings. The van der Waals surface area contributed by atoms with Crippen LogP contribution in [0, 0.1) is 5.92 Å². The van der Waals surface area contributed by atoms with E-state index in [1.54, 1.807) is 0 Å². The van der Waals surface area contributed by atoms with Gasteiger partial charge in [-0.1, -0.05) is 19.9 Å². The first-order valence-electron chi connectivity index (χ1n) is 9.70. The van der Waals surface area contributed by atoms with Crippen LogP contribution < -0.4 is 10.6 Å². The van der Waals surface area contributed by atoms with Crippen LogP contribution in [0.1, 0.15) is 39.8 Å². The first kappa shape index (κ1) is 20.2. The number of aromatic nitrogens is 2. The minimum absolute atomic E-state index is 0.268. The zero-order chi connectivity index (χ0) is 18.8. The van der Waals surface area contributed by atoms with E-state index in [0.29, 0.717) is 5.92 Å². The minimum atomic E-state index is 0.268. The van der Waals surface area contributed by atoms with Gasteiger partial charge >= 0.3 is 0 Å². The van der Waals surface area contributed by atoms with Gasteiger partial charge in [-0.05, 0) is 38.3 Å². The number of hydrogen-bond acceptors (Lipinski definition) is 3. The molecule has 2 rings (SSSR count). The maximum atomic E-state index is 5.79. The SMILES string of the molecule is CCNC(=NCCC(OCC)C(C)C)NCCc1cn2ccccc2n1. The number of guanidine groups is 1. The zero-order valence-electron chi connectivity index (χ0n) is 16.5. The molecule has 1 unspecified atom stereocenters. The minimum Gasteiger partial charge on any atom is -0.378 e. The Hall–Kier alpha value is -2.08. The van der Waals surface area contributed by atoms with E-state index in [-0.39, 0.29) is 6.10 Å². The Labute approximate surface area is 157 Å². The van der Waals surface area contributed by atoms with Crippen molar-refractivity contribution in [2.75, 3.05) is 26.2 Å². The molecule has 2 aromatic heterocycles. The number of hydrogen-bond donors (Lipinski definition) is 2. The Morgan fingerprint density at radius 3 is 2.81 bits per heavy atom. The molecule has 0 saturated heterocycles. The molecule has 6 heteroatoms. The average molecular weight is 360 g/mol. The lowest BCUT2D eigenvalue weighted by molar-refractivity contribution is 0.0266. The predicted molar refractivity (Wildman–Crippen MR) is 108 cm³/mol. The van der Waals surface area contributed by atoms with Crippen LogP contribution in [0.5, 0.6) is 0 Å². The number of imidazole rings is 1. The van der Waals surface area contributed by atoms with Crippen molar-refractivity contribution in [2.45, 2.75) is 46.6 Å². The van der Waals surface area contributed by atoms with Gasteiger partial charge in [0.25, 0.3) is 0 Å². The molecule has 1 atom stereocenters. The largest absolute Gasteiger partial charge is 0.378 e. The lowest BCUT2D eigenvalue weighted by atomic mass is 10.0. The van der Waals surface area contributed by atoms with Gasteiger partial charge in [0.1, 0.15) is 5.65 Å². The Morgan fingerprint density at radius 2 is 2.12 bits per heavy atom. The van der Waals surface area contributed by atoms with E-state index in [0.717, 1.165) is 56.4 Å². The van der Waals surface area contributed by atoms with E-state index in [1.807, 2.05) is 31.3 Å². The zero-order valence-corrected chi connectivity index (χ0v) is 16.5. The Balaban J connectivity index is 1.82.